The molecule has 1 fully saturated rings. The van der Waals surface area contributed by atoms with Crippen molar-refractivity contribution in [1.29, 1.82) is 0 Å². The van der Waals surface area contributed by atoms with Crippen LogP contribution < -0.4 is 5.56 Å². The summed E-state index contributed by atoms with van der Waals surface area (Å²) in [5, 5.41) is 0.412. The summed E-state index contributed by atoms with van der Waals surface area (Å²) in [4.78, 5) is 17.3. The number of benzene rings is 1. The first-order valence-corrected chi connectivity index (χ1v) is 7.18. The molecule has 1 aromatic heterocycles. The van der Waals surface area contributed by atoms with Gasteiger partial charge in [0.1, 0.15) is 5.82 Å². The molecule has 1 aliphatic rings. The van der Waals surface area contributed by atoms with E-state index in [0.717, 1.165) is 5.52 Å². The number of alkyl halides is 1. The van der Waals surface area contributed by atoms with Crippen LogP contribution in [0.1, 0.15) is 43.9 Å². The summed E-state index contributed by atoms with van der Waals surface area (Å²) >= 11 is 6.23. The minimum absolute atomic E-state index is 0.0347. The minimum atomic E-state index is -0.265. The van der Waals surface area contributed by atoms with E-state index in [2.05, 4.69) is 11.9 Å². The predicted molar refractivity (Wildman–Crippen MR) is 77.7 cm³/mol. The Labute approximate surface area is 117 Å². The van der Waals surface area contributed by atoms with Crippen molar-refractivity contribution in [2.45, 2.75) is 38.1 Å². The van der Waals surface area contributed by atoms with Gasteiger partial charge in [-0.25, -0.2) is 4.98 Å². The first-order valence-electron chi connectivity index (χ1n) is 6.75. The molecule has 1 aromatic carbocycles. The number of fused-ring (bicyclic) bond motifs is 1. The van der Waals surface area contributed by atoms with Gasteiger partial charge in [0.25, 0.3) is 5.56 Å². The van der Waals surface area contributed by atoms with Crippen molar-refractivity contribution in [2.75, 3.05) is 0 Å². The fourth-order valence-corrected chi connectivity index (χ4v) is 2.78. The highest BCUT2D eigenvalue weighted by atomic mass is 35.5. The topological polar surface area (TPSA) is 34.9 Å². The lowest BCUT2D eigenvalue weighted by Crippen LogP contribution is -2.29. The quantitative estimate of drug-likeness (QED) is 0.802. The number of hydrogen-bond acceptors (Lipinski definition) is 2. The second kappa shape index (κ2) is 4.64. The molecule has 100 valence electrons. The second-order valence-electron chi connectivity index (χ2n) is 5.36. The molecule has 0 bridgehead atoms. The monoisotopic (exact) mass is 276 g/mol. The molecule has 0 radical (unpaired) electrons. The summed E-state index contributed by atoms with van der Waals surface area (Å²) in [6.07, 6.45) is 2.38. The predicted octanol–water partition coefficient (Wildman–Crippen LogP) is 3.67. The maximum Gasteiger partial charge on any atom is 0.261 e. The van der Waals surface area contributed by atoms with Crippen molar-refractivity contribution in [3.63, 3.8) is 0 Å². The Kier molecular flexibility index (Phi) is 3.09. The van der Waals surface area contributed by atoms with Gasteiger partial charge in [-0.05, 0) is 44.7 Å². The molecule has 3 nitrogen and oxygen atoms in total. The number of nitrogens with zero attached hydrogens (tertiary/aromatic N) is 2. The Balaban J connectivity index is 2.30. The molecule has 2 atom stereocenters. The van der Waals surface area contributed by atoms with E-state index in [1.807, 2.05) is 31.2 Å². The standard InChI is InChI=1S/C15H17ClN2O/c1-9(16)14-17-13-6-4-3-5-12(13)15(19)18(14)10(2)11-7-8-11/h3-6,9-11H,7-8H2,1-2H3. The van der Waals surface area contributed by atoms with E-state index < -0.39 is 0 Å². The van der Waals surface area contributed by atoms with Crippen molar-refractivity contribution in [2.24, 2.45) is 5.92 Å². The third-order valence-electron chi connectivity index (χ3n) is 3.90. The van der Waals surface area contributed by atoms with Gasteiger partial charge in [-0.15, -0.1) is 11.6 Å². The van der Waals surface area contributed by atoms with Gasteiger partial charge < -0.3 is 0 Å². The van der Waals surface area contributed by atoms with Gasteiger partial charge in [0.2, 0.25) is 0 Å². The minimum Gasteiger partial charge on any atom is -0.292 e. The Hall–Kier alpha value is -1.35. The van der Waals surface area contributed by atoms with Gasteiger partial charge in [-0.1, -0.05) is 12.1 Å². The van der Waals surface area contributed by atoms with E-state index in [0.29, 0.717) is 17.1 Å². The SMILES string of the molecule is CC(Cl)c1nc2ccccc2c(=O)n1C(C)C1CC1. The molecule has 1 aliphatic carbocycles. The largest absolute Gasteiger partial charge is 0.292 e. The molecule has 2 unspecified atom stereocenters. The van der Waals surface area contributed by atoms with Gasteiger partial charge >= 0.3 is 0 Å². The van der Waals surface area contributed by atoms with E-state index in [1.165, 1.54) is 12.8 Å². The van der Waals surface area contributed by atoms with Crippen molar-refractivity contribution in [3.05, 3.63) is 40.4 Å². The molecule has 0 N–H and O–H groups in total. The molecule has 3 rings (SSSR count). The Bertz CT molecular complexity index is 673. The molecule has 1 heterocycles. The third kappa shape index (κ3) is 2.16. The van der Waals surface area contributed by atoms with Crippen LogP contribution in [0.25, 0.3) is 10.9 Å². The van der Waals surface area contributed by atoms with Crippen molar-refractivity contribution >= 4 is 22.5 Å². The van der Waals surface area contributed by atoms with E-state index in [4.69, 9.17) is 11.6 Å². The number of aromatic nitrogens is 2. The summed E-state index contributed by atoms with van der Waals surface area (Å²) in [5.74, 6) is 1.28. The Morgan fingerprint density at radius 1 is 1.32 bits per heavy atom. The summed E-state index contributed by atoms with van der Waals surface area (Å²) in [6.45, 7) is 3.96. The lowest BCUT2D eigenvalue weighted by molar-refractivity contribution is 0.449. The van der Waals surface area contributed by atoms with Crippen LogP contribution in [-0.4, -0.2) is 9.55 Å². The van der Waals surface area contributed by atoms with E-state index in [1.54, 1.807) is 4.57 Å². The average molecular weight is 277 g/mol. The van der Waals surface area contributed by atoms with E-state index in [-0.39, 0.29) is 17.0 Å². The van der Waals surface area contributed by atoms with Crippen molar-refractivity contribution < 1.29 is 0 Å². The Morgan fingerprint density at radius 2 is 2.00 bits per heavy atom. The molecule has 0 saturated heterocycles. The van der Waals surface area contributed by atoms with Gasteiger partial charge in [0, 0.05) is 6.04 Å². The highest BCUT2D eigenvalue weighted by molar-refractivity contribution is 6.20. The van der Waals surface area contributed by atoms with Crippen LogP contribution in [0, 0.1) is 5.92 Å². The zero-order valence-electron chi connectivity index (χ0n) is 11.1. The van der Waals surface area contributed by atoms with Crippen molar-refractivity contribution in [1.82, 2.24) is 9.55 Å². The fourth-order valence-electron chi connectivity index (χ4n) is 2.63. The number of para-hydroxylation sites is 1. The fraction of sp³-hybridized carbons (Fsp3) is 0.467. The van der Waals surface area contributed by atoms with E-state index >= 15 is 0 Å². The maximum absolute atomic E-state index is 12.7. The molecular formula is C15H17ClN2O. The molecule has 0 aliphatic heterocycles. The van der Waals surface area contributed by atoms with E-state index in [9.17, 15) is 4.79 Å². The van der Waals surface area contributed by atoms with Crippen molar-refractivity contribution in [3.8, 4) is 0 Å². The average Bonchev–Trinajstić information content (AvgIpc) is 3.22. The highest BCUT2D eigenvalue weighted by Crippen LogP contribution is 2.40. The van der Waals surface area contributed by atoms with Crippen LogP contribution in [0.2, 0.25) is 0 Å². The Morgan fingerprint density at radius 3 is 2.63 bits per heavy atom. The molecule has 2 aromatic rings. The smallest absolute Gasteiger partial charge is 0.261 e. The summed E-state index contributed by atoms with van der Waals surface area (Å²) in [7, 11) is 0. The highest BCUT2D eigenvalue weighted by Gasteiger charge is 2.32. The van der Waals surface area contributed by atoms with Gasteiger partial charge in [0.15, 0.2) is 0 Å². The zero-order valence-corrected chi connectivity index (χ0v) is 11.9. The zero-order chi connectivity index (χ0) is 13.6. The lowest BCUT2D eigenvalue weighted by atomic mass is 10.1. The summed E-state index contributed by atoms with van der Waals surface area (Å²) in [6, 6.07) is 7.66. The summed E-state index contributed by atoms with van der Waals surface area (Å²) in [5.41, 5.74) is 0.766. The van der Waals surface area contributed by atoms with Gasteiger partial charge in [0.05, 0.1) is 16.3 Å². The normalized spacial score (nSPS) is 18.5. The molecule has 0 spiro atoms. The second-order valence-corrected chi connectivity index (χ2v) is 6.01. The molecule has 1 saturated carbocycles. The van der Waals surface area contributed by atoms with Crippen LogP contribution in [0.3, 0.4) is 0 Å². The molecule has 19 heavy (non-hydrogen) atoms. The maximum atomic E-state index is 12.7. The van der Waals surface area contributed by atoms with Crippen LogP contribution in [0.4, 0.5) is 0 Å². The number of rotatable bonds is 3. The third-order valence-corrected chi connectivity index (χ3v) is 4.10. The molecule has 0 amide bonds. The van der Waals surface area contributed by atoms with Crippen LogP contribution in [0.5, 0.6) is 0 Å². The molecule has 4 heteroatoms. The summed E-state index contributed by atoms with van der Waals surface area (Å²) < 4.78 is 1.80. The first kappa shape index (κ1) is 12.7. The first-order chi connectivity index (χ1) is 9.09. The number of halogens is 1. The van der Waals surface area contributed by atoms with Gasteiger partial charge in [-0.2, -0.15) is 0 Å². The number of hydrogen-bond donors (Lipinski definition) is 0. The van der Waals surface area contributed by atoms with Crippen LogP contribution >= 0.6 is 11.6 Å². The van der Waals surface area contributed by atoms with Crippen LogP contribution in [-0.2, 0) is 0 Å². The van der Waals surface area contributed by atoms with Crippen LogP contribution in [0.15, 0.2) is 29.1 Å². The van der Waals surface area contributed by atoms with Gasteiger partial charge in [-0.3, -0.25) is 9.36 Å². The lowest BCUT2D eigenvalue weighted by Gasteiger charge is -2.20. The molecular weight excluding hydrogens is 260 g/mol.